The molecule has 0 saturated carbocycles. The lowest BCUT2D eigenvalue weighted by Crippen LogP contribution is -2.17. The van der Waals surface area contributed by atoms with Crippen molar-refractivity contribution in [2.45, 2.75) is 13.3 Å². The molecule has 7 nitrogen and oxygen atoms in total. The fourth-order valence-electron chi connectivity index (χ4n) is 3.25. The maximum absolute atomic E-state index is 11.3. The van der Waals surface area contributed by atoms with Gasteiger partial charge in [0.2, 0.25) is 6.41 Å². The van der Waals surface area contributed by atoms with E-state index >= 15 is 0 Å². The molecule has 1 atom stereocenters. The number of nitrogens with zero attached hydrogens (tertiary/aromatic N) is 2. The lowest BCUT2D eigenvalue weighted by atomic mass is 9.92. The Morgan fingerprint density at radius 2 is 2.00 bits per heavy atom. The number of carboxylic acids is 1. The van der Waals surface area contributed by atoms with Crippen molar-refractivity contribution < 1.29 is 19.8 Å². The van der Waals surface area contributed by atoms with Gasteiger partial charge in [-0.2, -0.15) is 5.10 Å². The lowest BCUT2D eigenvalue weighted by Gasteiger charge is -2.17. The molecule has 0 radical (unpaired) electrons. The second-order valence-corrected chi connectivity index (χ2v) is 6.95. The molecule has 0 spiro atoms. The number of allylic oxidation sites excluding steroid dienone is 3. The Morgan fingerprint density at radius 3 is 2.73 bits per heavy atom. The Bertz CT molecular complexity index is 1060. The van der Waals surface area contributed by atoms with Crippen molar-refractivity contribution in [1.82, 2.24) is 0 Å². The van der Waals surface area contributed by atoms with Gasteiger partial charge in [0.15, 0.2) is 0 Å². The molecule has 3 rings (SSSR count). The molecule has 3 N–H and O–H groups in total. The van der Waals surface area contributed by atoms with Crippen LogP contribution >= 0.6 is 0 Å². The van der Waals surface area contributed by atoms with Crippen LogP contribution in [0.4, 0.5) is 11.4 Å². The van der Waals surface area contributed by atoms with Crippen LogP contribution in [0, 0.1) is 5.92 Å². The van der Waals surface area contributed by atoms with E-state index in [1.54, 1.807) is 50.4 Å². The molecular weight excluding hydrogens is 382 g/mol. The minimum absolute atomic E-state index is 0.0192. The average Bonchev–Trinajstić information content (AvgIpc) is 2.77. The molecule has 0 fully saturated rings. The van der Waals surface area contributed by atoms with Crippen LogP contribution in [0.15, 0.2) is 65.8 Å². The van der Waals surface area contributed by atoms with E-state index in [0.717, 1.165) is 12.0 Å². The lowest BCUT2D eigenvalue weighted by molar-refractivity contribution is -0.139. The number of phenols is 1. The number of carboxylic acid groups (broad SMARTS) is 1. The number of carbonyl (C=O) groups is 2. The largest absolute Gasteiger partial charge is 0.505 e. The summed E-state index contributed by atoms with van der Waals surface area (Å²) < 4.78 is 0. The number of rotatable bonds is 7. The molecule has 2 aromatic rings. The van der Waals surface area contributed by atoms with Gasteiger partial charge in [-0.3, -0.25) is 15.0 Å². The van der Waals surface area contributed by atoms with Gasteiger partial charge in [0.05, 0.1) is 23.0 Å². The highest BCUT2D eigenvalue weighted by Gasteiger charge is 2.19. The van der Waals surface area contributed by atoms with Crippen molar-refractivity contribution in [3.05, 3.63) is 71.8 Å². The average molecular weight is 405 g/mol. The fourth-order valence-corrected chi connectivity index (χ4v) is 3.25. The number of benzene rings is 2. The summed E-state index contributed by atoms with van der Waals surface area (Å²) in [7, 11) is 1.66. The van der Waals surface area contributed by atoms with E-state index in [9.17, 15) is 19.8 Å². The highest BCUT2D eigenvalue weighted by atomic mass is 16.4. The first-order valence-corrected chi connectivity index (χ1v) is 9.43. The predicted octanol–water partition coefficient (Wildman–Crippen LogP) is 3.87. The molecular formula is C23H23N3O4. The number of anilines is 2. The summed E-state index contributed by atoms with van der Waals surface area (Å²) in [6.07, 6.45) is 6.39. The monoisotopic (exact) mass is 405 g/mol. The molecule has 0 saturated heterocycles. The topological polar surface area (TPSA) is 102 Å². The van der Waals surface area contributed by atoms with Crippen LogP contribution < -0.4 is 10.3 Å². The smallest absolute Gasteiger partial charge is 0.310 e. The van der Waals surface area contributed by atoms with E-state index in [2.05, 4.69) is 10.5 Å². The first-order valence-electron chi connectivity index (χ1n) is 9.43. The minimum Gasteiger partial charge on any atom is -0.505 e. The molecule has 1 amide bonds. The maximum atomic E-state index is 11.3. The number of para-hydroxylation sites is 2. The van der Waals surface area contributed by atoms with Crippen molar-refractivity contribution in [3.8, 4) is 5.75 Å². The zero-order chi connectivity index (χ0) is 21.7. The van der Waals surface area contributed by atoms with Gasteiger partial charge in [0.1, 0.15) is 5.75 Å². The van der Waals surface area contributed by atoms with Crippen molar-refractivity contribution >= 4 is 35.0 Å². The van der Waals surface area contributed by atoms with Crippen molar-refractivity contribution in [2.75, 3.05) is 17.4 Å². The van der Waals surface area contributed by atoms with Gasteiger partial charge in [0, 0.05) is 18.2 Å². The van der Waals surface area contributed by atoms with Crippen LogP contribution in [-0.4, -0.2) is 35.4 Å². The normalized spacial score (nSPS) is 16.0. The molecule has 1 aliphatic carbocycles. The van der Waals surface area contributed by atoms with Gasteiger partial charge >= 0.3 is 5.97 Å². The summed E-state index contributed by atoms with van der Waals surface area (Å²) >= 11 is 0. The minimum atomic E-state index is -0.898. The Hall–Kier alpha value is -3.87. The van der Waals surface area contributed by atoms with Crippen LogP contribution in [0.2, 0.25) is 0 Å². The van der Waals surface area contributed by atoms with Gasteiger partial charge in [-0.25, -0.2) is 0 Å². The molecule has 0 heterocycles. The van der Waals surface area contributed by atoms with E-state index < -0.39 is 11.9 Å². The van der Waals surface area contributed by atoms with Crippen LogP contribution in [0.3, 0.4) is 0 Å². The number of carbonyl (C=O) groups excluding carboxylic acids is 1. The molecule has 7 heteroatoms. The molecule has 0 aliphatic heterocycles. The highest BCUT2D eigenvalue weighted by Crippen LogP contribution is 2.35. The van der Waals surface area contributed by atoms with Crippen molar-refractivity contribution in [3.63, 3.8) is 0 Å². The number of aliphatic carboxylic acids is 1. The van der Waals surface area contributed by atoms with Gasteiger partial charge in [0.25, 0.3) is 0 Å². The quantitative estimate of drug-likeness (QED) is 0.281. The second-order valence-electron chi connectivity index (χ2n) is 6.95. The summed E-state index contributed by atoms with van der Waals surface area (Å²) in [6, 6.07) is 12.5. The summed E-state index contributed by atoms with van der Waals surface area (Å²) in [5.74, 6) is -1.54. The van der Waals surface area contributed by atoms with Crippen molar-refractivity contribution in [2.24, 2.45) is 11.0 Å². The number of amides is 1. The third-order valence-electron chi connectivity index (χ3n) is 4.91. The first-order chi connectivity index (χ1) is 14.4. The fraction of sp³-hybridized carbons (Fsp3) is 0.174. The number of hydrogen-bond donors (Lipinski definition) is 3. The first kappa shape index (κ1) is 20.9. The van der Waals surface area contributed by atoms with Gasteiger partial charge in [-0.15, -0.1) is 0 Å². The highest BCUT2D eigenvalue weighted by molar-refractivity contribution is 6.05. The molecule has 0 bridgehead atoms. The summed E-state index contributed by atoms with van der Waals surface area (Å²) in [4.78, 5) is 23.9. The van der Waals surface area contributed by atoms with E-state index in [0.29, 0.717) is 34.6 Å². The van der Waals surface area contributed by atoms with Crippen LogP contribution in [-0.2, 0) is 9.59 Å². The van der Waals surface area contributed by atoms with E-state index in [4.69, 9.17) is 0 Å². The van der Waals surface area contributed by atoms with Crippen LogP contribution in [0.1, 0.15) is 24.5 Å². The van der Waals surface area contributed by atoms with Gasteiger partial charge in [-0.1, -0.05) is 48.6 Å². The molecule has 0 aromatic heterocycles. The summed E-state index contributed by atoms with van der Waals surface area (Å²) in [5, 5.41) is 24.3. The van der Waals surface area contributed by atoms with Crippen LogP contribution in [0.25, 0.3) is 5.57 Å². The molecule has 154 valence electrons. The Morgan fingerprint density at radius 1 is 1.23 bits per heavy atom. The number of phenolic OH excluding ortho intramolecular Hbond substituents is 1. The Balaban J connectivity index is 1.89. The van der Waals surface area contributed by atoms with Crippen LogP contribution in [0.5, 0.6) is 5.75 Å². The Kier molecular flexibility index (Phi) is 6.32. The Labute approximate surface area is 174 Å². The maximum Gasteiger partial charge on any atom is 0.310 e. The van der Waals surface area contributed by atoms with E-state index in [-0.39, 0.29) is 5.75 Å². The molecule has 1 unspecified atom stereocenters. The standard InChI is InChI=1S/C23H23N3O4/c1-15(18-9-3-4-12-21(18)26(2)14-27)24-25-20-11-6-10-19(22(20)28)16-7-5-8-17(13-16)23(29)30/h3-7,9-14,17,25,28H,8H2,1-2H3,(H,29,30)/b24-15+. The van der Waals surface area contributed by atoms with E-state index in [1.807, 2.05) is 24.3 Å². The zero-order valence-electron chi connectivity index (χ0n) is 16.7. The molecule has 2 aromatic carbocycles. The van der Waals surface area contributed by atoms with Gasteiger partial charge < -0.3 is 15.1 Å². The zero-order valence-corrected chi connectivity index (χ0v) is 16.7. The third-order valence-corrected chi connectivity index (χ3v) is 4.91. The van der Waals surface area contributed by atoms with Gasteiger partial charge in [-0.05, 0) is 31.1 Å². The molecule has 30 heavy (non-hydrogen) atoms. The predicted molar refractivity (Wildman–Crippen MR) is 118 cm³/mol. The number of hydrazone groups is 1. The summed E-state index contributed by atoms with van der Waals surface area (Å²) in [6.45, 7) is 1.80. The van der Waals surface area contributed by atoms with Crippen molar-refractivity contribution in [1.29, 1.82) is 0 Å². The summed E-state index contributed by atoms with van der Waals surface area (Å²) in [5.41, 5.74) is 6.55. The number of hydrogen-bond acceptors (Lipinski definition) is 5. The number of aromatic hydroxyl groups is 1. The number of nitrogens with one attached hydrogen (secondary N) is 1. The molecule has 1 aliphatic rings. The second kappa shape index (κ2) is 9.09. The van der Waals surface area contributed by atoms with E-state index in [1.165, 1.54) is 4.90 Å². The third kappa shape index (κ3) is 4.41. The SMILES string of the molecule is C/C(=N\Nc1cccc(C2=CC(C(=O)O)CC=C2)c1O)c1ccccc1N(C)C=O.